The maximum Gasteiger partial charge on any atom is 0.408 e. The average Bonchev–Trinajstić information content (AvgIpc) is 3.08. The van der Waals surface area contributed by atoms with Gasteiger partial charge in [0.2, 0.25) is 5.91 Å². The van der Waals surface area contributed by atoms with Gasteiger partial charge in [0, 0.05) is 38.6 Å². The lowest BCUT2D eigenvalue weighted by Crippen LogP contribution is -2.62. The van der Waals surface area contributed by atoms with Crippen molar-refractivity contribution in [3.05, 3.63) is 10.4 Å². The van der Waals surface area contributed by atoms with Gasteiger partial charge in [-0.3, -0.25) is 4.79 Å². The molecule has 0 saturated carbocycles. The highest BCUT2D eigenvalue weighted by molar-refractivity contribution is 5.81. The van der Waals surface area contributed by atoms with Crippen molar-refractivity contribution in [2.45, 2.75) is 119 Å². The lowest BCUT2D eigenvalue weighted by Gasteiger charge is -2.43. The Hall–Kier alpha value is -2.88. The molecule has 2 aliphatic heterocycles. The van der Waals surface area contributed by atoms with Crippen LogP contribution in [0.4, 0.5) is 4.79 Å². The molecular formula is C29H51N5O15. The van der Waals surface area contributed by atoms with Crippen molar-refractivity contribution in [1.82, 2.24) is 10.6 Å². The van der Waals surface area contributed by atoms with E-state index in [1.165, 1.54) is 14.2 Å². The molecule has 7 N–H and O–H groups in total. The fraction of sp³-hybridized carbons (Fsp3) is 0.897. The second kappa shape index (κ2) is 22.8. The maximum absolute atomic E-state index is 12.9. The van der Waals surface area contributed by atoms with Gasteiger partial charge in [-0.25, -0.2) is 9.59 Å². The van der Waals surface area contributed by atoms with Crippen molar-refractivity contribution in [1.29, 1.82) is 0 Å². The first-order valence-electron chi connectivity index (χ1n) is 16.2. The third kappa shape index (κ3) is 13.7. The Kier molecular flexibility index (Phi) is 19.6. The third-order valence-corrected chi connectivity index (χ3v) is 7.87. The predicted octanol–water partition coefficient (Wildman–Crippen LogP) is -1.27. The normalized spacial score (nSPS) is 30.4. The summed E-state index contributed by atoms with van der Waals surface area (Å²) in [5, 5.41) is 61.0. The molecule has 0 aromatic heterocycles. The summed E-state index contributed by atoms with van der Waals surface area (Å²) in [5.74, 6) is -0.864. The molecule has 0 aliphatic carbocycles. The number of nitrogens with one attached hydrogen (secondary N) is 2. The molecule has 2 rings (SSSR count). The number of ether oxygens (including phenoxy) is 7. The summed E-state index contributed by atoms with van der Waals surface area (Å²) in [4.78, 5) is 40.2. The molecule has 2 heterocycles. The van der Waals surface area contributed by atoms with Crippen molar-refractivity contribution >= 4 is 18.0 Å². The van der Waals surface area contributed by atoms with E-state index in [4.69, 9.17) is 38.7 Å². The summed E-state index contributed by atoms with van der Waals surface area (Å²) in [5.41, 5.74) is 8.27. The molecule has 0 bridgehead atoms. The van der Waals surface area contributed by atoms with Crippen molar-refractivity contribution < 1.29 is 73.1 Å². The number of hydrogen-bond acceptors (Lipinski definition) is 16. The zero-order chi connectivity index (χ0) is 36.3. The number of carbonyl (C=O) groups is 3. The van der Waals surface area contributed by atoms with Crippen LogP contribution in [0.2, 0.25) is 0 Å². The maximum atomic E-state index is 12.9. The smallest absolute Gasteiger partial charge is 0.408 e. The van der Waals surface area contributed by atoms with Crippen LogP contribution in [0.1, 0.15) is 51.9 Å². The zero-order valence-corrected chi connectivity index (χ0v) is 28.0. The van der Waals surface area contributed by atoms with E-state index in [1.54, 1.807) is 6.92 Å². The minimum absolute atomic E-state index is 0.0428. The number of alkyl carbamates (subject to hydrolysis) is 1. The van der Waals surface area contributed by atoms with Gasteiger partial charge in [-0.2, -0.15) is 0 Å². The molecule has 0 aromatic carbocycles. The molecule has 49 heavy (non-hydrogen) atoms. The number of nitrogens with zero attached hydrogens (tertiary/aromatic N) is 3. The molecule has 282 valence electrons. The van der Waals surface area contributed by atoms with E-state index < -0.39 is 86.1 Å². The van der Waals surface area contributed by atoms with Gasteiger partial charge >= 0.3 is 12.1 Å². The van der Waals surface area contributed by atoms with Crippen LogP contribution < -0.4 is 10.6 Å². The van der Waals surface area contributed by atoms with Crippen molar-refractivity contribution in [2.75, 3.05) is 47.1 Å². The molecular weight excluding hydrogens is 658 g/mol. The summed E-state index contributed by atoms with van der Waals surface area (Å²) in [6, 6.07) is -1.14. The number of unbranched alkanes of at least 4 members (excludes halogenated alkanes) is 3. The van der Waals surface area contributed by atoms with Crippen LogP contribution in [-0.4, -0.2) is 158 Å². The Morgan fingerprint density at radius 3 is 2.27 bits per heavy atom. The number of esters is 1. The lowest BCUT2D eigenvalue weighted by atomic mass is 9.98. The quantitative estimate of drug-likeness (QED) is 0.0240. The number of azide groups is 1. The van der Waals surface area contributed by atoms with Crippen LogP contribution in [0.25, 0.3) is 10.4 Å². The number of amides is 2. The zero-order valence-electron chi connectivity index (χ0n) is 28.0. The third-order valence-electron chi connectivity index (χ3n) is 7.87. The lowest BCUT2D eigenvalue weighted by molar-refractivity contribution is -0.328. The minimum Gasteiger partial charge on any atom is -0.464 e. The van der Waals surface area contributed by atoms with E-state index in [9.17, 15) is 39.9 Å². The molecule has 2 saturated heterocycles. The van der Waals surface area contributed by atoms with E-state index in [1.807, 2.05) is 0 Å². The van der Waals surface area contributed by atoms with E-state index in [0.29, 0.717) is 45.2 Å². The SMILES string of the molecule is CCOC(=O)[C@H](CCCCNC(=O)CCCCCN=[N+]=[N-])NC(=O)O[C@@H]1C(O)[C@@H](OC)OC(CO[C@@H]2OC(COC)[C@@H](O)[C@H](O)C2O)[C@H]1O. The minimum atomic E-state index is -1.70. The van der Waals surface area contributed by atoms with E-state index in [0.717, 1.165) is 6.42 Å². The molecule has 20 nitrogen and oxygen atoms in total. The second-order valence-corrected chi connectivity index (χ2v) is 11.5. The first kappa shape index (κ1) is 42.3. The van der Waals surface area contributed by atoms with Gasteiger partial charge in [0.05, 0.1) is 19.8 Å². The highest BCUT2D eigenvalue weighted by Crippen LogP contribution is 2.27. The number of aliphatic hydroxyl groups is 5. The van der Waals surface area contributed by atoms with E-state index in [-0.39, 0.29) is 25.5 Å². The molecule has 20 heteroatoms. The van der Waals surface area contributed by atoms with Gasteiger partial charge in [-0.1, -0.05) is 11.5 Å². The monoisotopic (exact) mass is 709 g/mol. The number of rotatable bonds is 21. The number of aliphatic hydroxyl groups excluding tert-OH is 5. The standard InChI is InChI=1S/C29H51N5O15/c1-4-45-26(41)16(10-7-9-12-31-19(35)11-6-5-8-13-32-34-30)33-29(42)49-25-21(37)18(47-27(44-3)24(25)40)15-46-28-23(39)22(38)20(36)17(48-28)14-43-2/h16-18,20-25,27-28,36-40H,4-15H2,1-3H3,(H,31,35)(H,33,42)/t16-,17?,18?,20+,21+,22-,23?,24?,25-,27-,28+/m0/s1. The highest BCUT2D eigenvalue weighted by Gasteiger charge is 2.49. The Balaban J connectivity index is 1.92. The van der Waals surface area contributed by atoms with Crippen LogP contribution in [-0.2, 0) is 42.7 Å². The fourth-order valence-electron chi connectivity index (χ4n) is 5.19. The van der Waals surface area contributed by atoms with Crippen LogP contribution in [0, 0.1) is 0 Å². The molecule has 2 amide bonds. The topological polar surface area (TPSA) is 290 Å². The van der Waals surface area contributed by atoms with Crippen LogP contribution in [0.15, 0.2) is 5.11 Å². The van der Waals surface area contributed by atoms with Crippen molar-refractivity contribution in [3.8, 4) is 0 Å². The molecule has 11 atom stereocenters. The van der Waals surface area contributed by atoms with E-state index in [2.05, 4.69) is 20.7 Å². The summed E-state index contributed by atoms with van der Waals surface area (Å²) < 4.78 is 37.1. The Morgan fingerprint density at radius 1 is 0.878 bits per heavy atom. The Bertz CT molecular complexity index is 1050. The molecule has 2 aliphatic rings. The summed E-state index contributed by atoms with van der Waals surface area (Å²) in [6.07, 6.45) is -12.6. The predicted molar refractivity (Wildman–Crippen MR) is 165 cm³/mol. The molecule has 0 spiro atoms. The Labute approximate surface area is 283 Å². The number of carbonyl (C=O) groups excluding carboxylic acids is 3. The summed E-state index contributed by atoms with van der Waals surface area (Å²) >= 11 is 0. The Morgan fingerprint density at radius 2 is 1.59 bits per heavy atom. The fourth-order valence-corrected chi connectivity index (χ4v) is 5.19. The molecule has 4 unspecified atom stereocenters. The van der Waals surface area contributed by atoms with Crippen molar-refractivity contribution in [3.63, 3.8) is 0 Å². The number of hydrogen-bond donors (Lipinski definition) is 7. The first-order valence-corrected chi connectivity index (χ1v) is 16.2. The largest absolute Gasteiger partial charge is 0.464 e. The van der Waals surface area contributed by atoms with Crippen LogP contribution in [0.5, 0.6) is 0 Å². The number of methoxy groups -OCH3 is 2. The summed E-state index contributed by atoms with van der Waals surface area (Å²) in [6.45, 7) is 1.75. The molecule has 0 aromatic rings. The van der Waals surface area contributed by atoms with Gasteiger partial charge in [0.25, 0.3) is 0 Å². The van der Waals surface area contributed by atoms with Gasteiger partial charge in [-0.05, 0) is 44.6 Å². The first-order chi connectivity index (χ1) is 23.5. The van der Waals surface area contributed by atoms with E-state index >= 15 is 0 Å². The van der Waals surface area contributed by atoms with Gasteiger partial charge in [-0.15, -0.1) is 0 Å². The van der Waals surface area contributed by atoms with Crippen LogP contribution >= 0.6 is 0 Å². The second-order valence-electron chi connectivity index (χ2n) is 11.5. The molecule has 0 radical (unpaired) electrons. The van der Waals surface area contributed by atoms with Gasteiger partial charge in [0.1, 0.15) is 48.8 Å². The molecule has 2 fully saturated rings. The van der Waals surface area contributed by atoms with Gasteiger partial charge in [0.15, 0.2) is 18.7 Å². The van der Waals surface area contributed by atoms with Crippen LogP contribution in [0.3, 0.4) is 0 Å². The average molecular weight is 710 g/mol. The summed E-state index contributed by atoms with van der Waals surface area (Å²) in [7, 11) is 2.55. The van der Waals surface area contributed by atoms with Crippen molar-refractivity contribution in [2.24, 2.45) is 5.11 Å². The van der Waals surface area contributed by atoms with Gasteiger partial charge < -0.3 is 69.3 Å². The highest BCUT2D eigenvalue weighted by atomic mass is 16.7.